The van der Waals surface area contributed by atoms with Gasteiger partial charge in [0.25, 0.3) is 0 Å². The number of hydrogen-bond donors (Lipinski definition) is 3. The fourth-order valence-electron chi connectivity index (χ4n) is 1.30. The van der Waals surface area contributed by atoms with E-state index < -0.39 is 17.9 Å². The van der Waals surface area contributed by atoms with Crippen molar-refractivity contribution >= 4 is 18.6 Å². The van der Waals surface area contributed by atoms with E-state index in [-0.39, 0.29) is 13.0 Å². The van der Waals surface area contributed by atoms with E-state index in [1.54, 1.807) is 0 Å². The van der Waals surface area contributed by atoms with Crippen LogP contribution in [0.25, 0.3) is 5.53 Å². The molecule has 4 N–H and O–H groups in total. The highest BCUT2D eigenvalue weighted by atomic mass is 16.4. The number of amides is 1. The average Bonchev–Trinajstić information content (AvgIpc) is 2.39. The zero-order valence-corrected chi connectivity index (χ0v) is 10.3. The number of carbonyl (C=O) groups excluding carboxylic acids is 1. The van der Waals surface area contributed by atoms with Gasteiger partial charge in [0, 0.05) is 6.42 Å². The van der Waals surface area contributed by atoms with Crippen molar-refractivity contribution in [3.63, 3.8) is 0 Å². The number of benzene rings is 1. The standard InChI is InChI=1S/C11H14N2O3.CH2N2/c12-7-10(14)13-9(11(15)16)6-8-4-2-1-3-5-8;1-3-2/h1-5,9H,6-7,12H2,(H,13,14)(H,15,16);1H2/t9-;/m0./s1. The van der Waals surface area contributed by atoms with Gasteiger partial charge in [-0.3, -0.25) is 4.79 Å². The van der Waals surface area contributed by atoms with Crippen LogP contribution >= 0.6 is 0 Å². The SMILES string of the molecule is C=[N+]=[N-].NCC(=O)N[C@@H](Cc1ccccc1)C(=O)O. The molecule has 7 heteroatoms. The summed E-state index contributed by atoms with van der Waals surface area (Å²) >= 11 is 0. The molecule has 0 aliphatic heterocycles. The van der Waals surface area contributed by atoms with E-state index in [1.807, 2.05) is 30.3 Å². The van der Waals surface area contributed by atoms with Gasteiger partial charge in [-0.2, -0.15) is 4.79 Å². The van der Waals surface area contributed by atoms with E-state index in [0.29, 0.717) is 0 Å². The molecule has 0 fully saturated rings. The third-order valence-electron chi connectivity index (χ3n) is 2.10. The summed E-state index contributed by atoms with van der Waals surface area (Å²) in [6.07, 6.45) is 0.252. The Morgan fingerprint density at radius 1 is 1.42 bits per heavy atom. The second-order valence-corrected chi connectivity index (χ2v) is 3.49. The van der Waals surface area contributed by atoms with Crippen LogP contribution in [-0.2, 0) is 16.0 Å². The number of carboxylic acid groups (broad SMARTS) is 1. The monoisotopic (exact) mass is 264 g/mol. The maximum atomic E-state index is 11.0. The van der Waals surface area contributed by atoms with Crippen molar-refractivity contribution in [2.45, 2.75) is 12.5 Å². The van der Waals surface area contributed by atoms with Crippen molar-refractivity contribution in [1.29, 1.82) is 0 Å². The smallest absolute Gasteiger partial charge is 0.326 e. The van der Waals surface area contributed by atoms with E-state index >= 15 is 0 Å². The van der Waals surface area contributed by atoms with Crippen LogP contribution in [0.1, 0.15) is 5.56 Å². The predicted octanol–water partition coefficient (Wildman–Crippen LogP) is -0.326. The van der Waals surface area contributed by atoms with E-state index in [9.17, 15) is 9.59 Å². The Bertz CT molecular complexity index is 442. The number of carboxylic acids is 1. The number of nitrogens with one attached hydrogen (secondary N) is 1. The van der Waals surface area contributed by atoms with Crippen LogP contribution in [0.3, 0.4) is 0 Å². The Labute approximate surface area is 110 Å². The minimum atomic E-state index is -1.06. The molecular weight excluding hydrogens is 248 g/mol. The number of nitrogens with zero attached hydrogens (tertiary/aromatic N) is 2. The van der Waals surface area contributed by atoms with Gasteiger partial charge >= 0.3 is 5.97 Å². The lowest BCUT2D eigenvalue weighted by Crippen LogP contribution is -2.44. The van der Waals surface area contributed by atoms with Crippen LogP contribution in [0.4, 0.5) is 0 Å². The highest BCUT2D eigenvalue weighted by molar-refractivity contribution is 5.84. The molecule has 0 unspecified atom stereocenters. The minimum absolute atomic E-state index is 0.210. The summed E-state index contributed by atoms with van der Waals surface area (Å²) in [6, 6.07) is 8.17. The number of hydrogen-bond acceptors (Lipinski definition) is 3. The molecule has 0 aliphatic rings. The number of aliphatic carboxylic acids is 1. The summed E-state index contributed by atoms with van der Waals surface area (Å²) in [7, 11) is 0. The molecule has 19 heavy (non-hydrogen) atoms. The quantitative estimate of drug-likeness (QED) is 0.382. The largest absolute Gasteiger partial charge is 0.480 e. The Hall–Kier alpha value is -2.50. The van der Waals surface area contributed by atoms with Crippen molar-refractivity contribution in [1.82, 2.24) is 5.32 Å². The molecule has 1 aromatic carbocycles. The van der Waals surface area contributed by atoms with Gasteiger partial charge in [0.2, 0.25) is 12.6 Å². The molecule has 1 aromatic rings. The molecule has 1 atom stereocenters. The van der Waals surface area contributed by atoms with Gasteiger partial charge in [-0.05, 0) is 5.56 Å². The second kappa shape index (κ2) is 9.52. The van der Waals surface area contributed by atoms with Crippen LogP contribution in [-0.4, -0.2) is 41.1 Å². The van der Waals surface area contributed by atoms with Crippen molar-refractivity contribution < 1.29 is 19.5 Å². The predicted molar refractivity (Wildman–Crippen MR) is 69.5 cm³/mol. The molecule has 102 valence electrons. The molecule has 0 spiro atoms. The molecule has 0 saturated heterocycles. The maximum Gasteiger partial charge on any atom is 0.326 e. The summed E-state index contributed by atoms with van der Waals surface area (Å²) in [5.41, 5.74) is 13.0. The second-order valence-electron chi connectivity index (χ2n) is 3.49. The lowest BCUT2D eigenvalue weighted by molar-refractivity contribution is -0.141. The summed E-state index contributed by atoms with van der Waals surface area (Å²) in [4.78, 5) is 24.2. The molecule has 0 saturated carbocycles. The first-order valence-corrected chi connectivity index (χ1v) is 5.41. The van der Waals surface area contributed by atoms with Crippen molar-refractivity contribution in [3.8, 4) is 0 Å². The highest BCUT2D eigenvalue weighted by Gasteiger charge is 2.19. The fourth-order valence-corrected chi connectivity index (χ4v) is 1.30. The lowest BCUT2D eigenvalue weighted by Gasteiger charge is -2.13. The third-order valence-corrected chi connectivity index (χ3v) is 2.10. The zero-order chi connectivity index (χ0) is 14.7. The average molecular weight is 264 g/mol. The molecule has 0 radical (unpaired) electrons. The topological polar surface area (TPSA) is 129 Å². The lowest BCUT2D eigenvalue weighted by atomic mass is 10.1. The van der Waals surface area contributed by atoms with Gasteiger partial charge in [-0.15, -0.1) is 0 Å². The Kier molecular flexibility index (Phi) is 8.27. The number of rotatable bonds is 5. The molecule has 0 bridgehead atoms. The van der Waals surface area contributed by atoms with Gasteiger partial charge in [-0.25, -0.2) is 4.79 Å². The summed E-state index contributed by atoms with van der Waals surface area (Å²) < 4.78 is 0. The van der Waals surface area contributed by atoms with Crippen molar-refractivity contribution in [2.75, 3.05) is 6.54 Å². The Balaban J connectivity index is 0.000000982. The first-order chi connectivity index (χ1) is 9.04. The Morgan fingerprint density at radius 3 is 2.37 bits per heavy atom. The van der Waals surface area contributed by atoms with Crippen LogP contribution in [0.2, 0.25) is 0 Å². The normalized spacial score (nSPS) is 10.4. The van der Waals surface area contributed by atoms with E-state index in [1.165, 1.54) is 0 Å². The Morgan fingerprint density at radius 2 is 1.95 bits per heavy atom. The molecular formula is C12H16N4O3. The molecule has 1 rings (SSSR count). The molecule has 7 nitrogen and oxygen atoms in total. The van der Waals surface area contributed by atoms with Gasteiger partial charge in [-0.1, -0.05) is 30.3 Å². The van der Waals surface area contributed by atoms with Crippen LogP contribution < -0.4 is 11.1 Å². The third kappa shape index (κ3) is 7.43. The molecule has 0 aromatic heterocycles. The van der Waals surface area contributed by atoms with Crippen molar-refractivity contribution in [3.05, 3.63) is 41.4 Å². The number of carbonyl (C=O) groups is 2. The van der Waals surface area contributed by atoms with E-state index in [0.717, 1.165) is 5.56 Å². The first kappa shape index (κ1) is 16.5. The van der Waals surface area contributed by atoms with Gasteiger partial charge in [0.15, 0.2) is 0 Å². The zero-order valence-electron chi connectivity index (χ0n) is 10.3. The van der Waals surface area contributed by atoms with Crippen LogP contribution in [0, 0.1) is 0 Å². The minimum Gasteiger partial charge on any atom is -0.480 e. The number of nitrogens with two attached hydrogens (primary N) is 1. The van der Waals surface area contributed by atoms with E-state index in [2.05, 4.69) is 16.8 Å². The van der Waals surface area contributed by atoms with Gasteiger partial charge in [0.1, 0.15) is 6.04 Å². The van der Waals surface area contributed by atoms with Gasteiger partial charge in [0.05, 0.1) is 6.54 Å². The summed E-state index contributed by atoms with van der Waals surface area (Å²) in [6.45, 7) is 2.46. The van der Waals surface area contributed by atoms with Crippen LogP contribution in [0.5, 0.6) is 0 Å². The van der Waals surface area contributed by atoms with Crippen LogP contribution in [0.15, 0.2) is 30.3 Å². The first-order valence-electron chi connectivity index (χ1n) is 5.41. The van der Waals surface area contributed by atoms with E-state index in [4.69, 9.17) is 16.4 Å². The molecule has 1 amide bonds. The molecule has 0 aliphatic carbocycles. The summed E-state index contributed by atoms with van der Waals surface area (Å²) in [5.74, 6) is -1.53. The van der Waals surface area contributed by atoms with Crippen molar-refractivity contribution in [2.24, 2.45) is 5.73 Å². The highest BCUT2D eigenvalue weighted by Crippen LogP contribution is 2.03. The summed E-state index contributed by atoms with van der Waals surface area (Å²) in [5, 5.41) is 11.3. The fraction of sp³-hybridized carbons (Fsp3) is 0.250. The van der Waals surface area contributed by atoms with Gasteiger partial charge < -0.3 is 21.7 Å². The molecule has 0 heterocycles. The maximum absolute atomic E-state index is 11.0.